The van der Waals surface area contributed by atoms with E-state index in [1.165, 1.54) is 24.3 Å². The van der Waals surface area contributed by atoms with E-state index in [-0.39, 0.29) is 11.7 Å². The Morgan fingerprint density at radius 3 is 2.33 bits per heavy atom. The second-order valence-electron chi connectivity index (χ2n) is 6.40. The summed E-state index contributed by atoms with van der Waals surface area (Å²) in [6, 6.07) is 20.5. The number of carbonyl (C=O) groups excluding carboxylic acids is 1. The molecule has 0 aliphatic heterocycles. The SMILES string of the molecule is O=C(Nc1ccc(F)cc1)N[C@@H](c1ccc(Cl)cc1)c1nnc(-c2ccccc2)o1. The number of hydrogen-bond donors (Lipinski definition) is 2. The van der Waals surface area contributed by atoms with Crippen molar-refractivity contribution >= 4 is 23.3 Å². The maximum atomic E-state index is 13.1. The lowest BCUT2D eigenvalue weighted by Crippen LogP contribution is -2.33. The molecule has 150 valence electrons. The van der Waals surface area contributed by atoms with Crippen molar-refractivity contribution in [1.29, 1.82) is 0 Å². The zero-order valence-electron chi connectivity index (χ0n) is 15.5. The first-order valence-corrected chi connectivity index (χ1v) is 9.43. The van der Waals surface area contributed by atoms with Gasteiger partial charge in [-0.25, -0.2) is 9.18 Å². The lowest BCUT2D eigenvalue weighted by atomic mass is 10.1. The second kappa shape index (κ2) is 8.75. The van der Waals surface area contributed by atoms with Gasteiger partial charge in [0.25, 0.3) is 0 Å². The first-order chi connectivity index (χ1) is 14.6. The van der Waals surface area contributed by atoms with E-state index in [1.54, 1.807) is 24.3 Å². The predicted octanol–water partition coefficient (Wildman–Crippen LogP) is 5.44. The number of nitrogens with one attached hydrogen (secondary N) is 2. The number of urea groups is 1. The van der Waals surface area contributed by atoms with Crippen LogP contribution in [0.15, 0.2) is 83.3 Å². The summed E-state index contributed by atoms with van der Waals surface area (Å²) in [7, 11) is 0. The highest BCUT2D eigenvalue weighted by molar-refractivity contribution is 6.30. The van der Waals surface area contributed by atoms with Crippen molar-refractivity contribution < 1.29 is 13.6 Å². The summed E-state index contributed by atoms with van der Waals surface area (Å²) in [5, 5.41) is 14.2. The van der Waals surface area contributed by atoms with Gasteiger partial charge in [-0.05, 0) is 54.1 Å². The summed E-state index contributed by atoms with van der Waals surface area (Å²) >= 11 is 5.99. The van der Waals surface area contributed by atoms with Crippen LogP contribution in [-0.4, -0.2) is 16.2 Å². The first kappa shape index (κ1) is 19.6. The number of rotatable bonds is 5. The van der Waals surface area contributed by atoms with E-state index >= 15 is 0 Å². The number of anilines is 1. The highest BCUT2D eigenvalue weighted by Crippen LogP contribution is 2.26. The van der Waals surface area contributed by atoms with E-state index in [1.807, 2.05) is 30.3 Å². The highest BCUT2D eigenvalue weighted by atomic mass is 35.5. The van der Waals surface area contributed by atoms with Crippen LogP contribution in [0.1, 0.15) is 17.5 Å². The van der Waals surface area contributed by atoms with E-state index in [0.717, 1.165) is 5.56 Å². The third-order valence-corrected chi connectivity index (χ3v) is 4.54. The molecule has 8 heteroatoms. The average Bonchev–Trinajstić information content (AvgIpc) is 3.25. The first-order valence-electron chi connectivity index (χ1n) is 9.06. The summed E-state index contributed by atoms with van der Waals surface area (Å²) in [5.74, 6) is 0.162. The number of amides is 2. The minimum Gasteiger partial charge on any atom is -0.418 e. The van der Waals surface area contributed by atoms with Crippen molar-refractivity contribution in [2.75, 3.05) is 5.32 Å². The summed E-state index contributed by atoms with van der Waals surface area (Å²) in [5.41, 5.74) is 1.91. The van der Waals surface area contributed by atoms with E-state index < -0.39 is 12.1 Å². The molecule has 0 saturated carbocycles. The van der Waals surface area contributed by atoms with Crippen molar-refractivity contribution in [3.8, 4) is 11.5 Å². The molecule has 2 amide bonds. The van der Waals surface area contributed by atoms with Gasteiger partial charge in [0.05, 0.1) is 0 Å². The van der Waals surface area contributed by atoms with Crippen LogP contribution >= 0.6 is 11.6 Å². The summed E-state index contributed by atoms with van der Waals surface area (Å²) in [6.07, 6.45) is 0. The zero-order chi connectivity index (χ0) is 20.9. The van der Waals surface area contributed by atoms with Gasteiger partial charge in [0.1, 0.15) is 11.9 Å². The van der Waals surface area contributed by atoms with Crippen LogP contribution in [0.4, 0.5) is 14.9 Å². The molecule has 0 fully saturated rings. The maximum Gasteiger partial charge on any atom is 0.320 e. The molecule has 0 unspecified atom stereocenters. The van der Waals surface area contributed by atoms with Crippen LogP contribution in [0.2, 0.25) is 5.02 Å². The Labute approximate surface area is 176 Å². The van der Waals surface area contributed by atoms with Crippen LogP contribution in [0.3, 0.4) is 0 Å². The van der Waals surface area contributed by atoms with E-state index in [9.17, 15) is 9.18 Å². The fraction of sp³-hybridized carbons (Fsp3) is 0.0455. The van der Waals surface area contributed by atoms with Crippen LogP contribution in [-0.2, 0) is 0 Å². The number of halogens is 2. The van der Waals surface area contributed by atoms with Crippen molar-refractivity contribution in [2.24, 2.45) is 0 Å². The van der Waals surface area contributed by atoms with Crippen LogP contribution in [0.5, 0.6) is 0 Å². The lowest BCUT2D eigenvalue weighted by molar-refractivity contribution is 0.248. The Hall–Kier alpha value is -3.71. The smallest absolute Gasteiger partial charge is 0.320 e. The molecule has 4 aromatic rings. The van der Waals surface area contributed by atoms with Gasteiger partial charge in [0.15, 0.2) is 0 Å². The second-order valence-corrected chi connectivity index (χ2v) is 6.84. The quantitative estimate of drug-likeness (QED) is 0.448. The fourth-order valence-corrected chi connectivity index (χ4v) is 2.95. The van der Waals surface area contributed by atoms with Crippen molar-refractivity contribution in [3.63, 3.8) is 0 Å². The molecule has 1 atom stereocenters. The summed E-state index contributed by atoms with van der Waals surface area (Å²) < 4.78 is 18.9. The van der Waals surface area contributed by atoms with Gasteiger partial charge in [-0.2, -0.15) is 0 Å². The Kier molecular flexibility index (Phi) is 5.72. The largest absolute Gasteiger partial charge is 0.418 e. The molecule has 4 rings (SSSR count). The highest BCUT2D eigenvalue weighted by Gasteiger charge is 2.23. The van der Waals surface area contributed by atoms with Gasteiger partial charge in [0.2, 0.25) is 11.8 Å². The molecule has 0 aliphatic carbocycles. The monoisotopic (exact) mass is 422 g/mol. The Morgan fingerprint density at radius 1 is 0.933 bits per heavy atom. The molecule has 1 heterocycles. The summed E-state index contributed by atoms with van der Waals surface area (Å²) in [4.78, 5) is 12.6. The normalized spacial score (nSPS) is 11.7. The van der Waals surface area contributed by atoms with Gasteiger partial charge >= 0.3 is 6.03 Å². The Bertz CT molecular complexity index is 1130. The van der Waals surface area contributed by atoms with Gasteiger partial charge in [-0.15, -0.1) is 10.2 Å². The molecule has 0 bridgehead atoms. The number of hydrogen-bond acceptors (Lipinski definition) is 4. The Morgan fingerprint density at radius 2 is 1.63 bits per heavy atom. The van der Waals surface area contributed by atoms with Crippen LogP contribution in [0, 0.1) is 5.82 Å². The molecule has 0 spiro atoms. The topological polar surface area (TPSA) is 80.0 Å². The Balaban J connectivity index is 1.60. The number of nitrogens with zero attached hydrogens (tertiary/aromatic N) is 2. The van der Waals surface area contributed by atoms with Gasteiger partial charge in [0, 0.05) is 16.3 Å². The molecular formula is C22H16ClFN4O2. The molecule has 0 saturated heterocycles. The lowest BCUT2D eigenvalue weighted by Gasteiger charge is -2.16. The minimum atomic E-state index is -0.715. The molecule has 30 heavy (non-hydrogen) atoms. The number of benzene rings is 3. The van der Waals surface area contributed by atoms with E-state index in [4.69, 9.17) is 16.0 Å². The van der Waals surface area contributed by atoms with Crippen LogP contribution < -0.4 is 10.6 Å². The standard InChI is InChI=1S/C22H16ClFN4O2/c23-16-8-6-14(7-9-16)19(26-22(29)25-18-12-10-17(24)11-13-18)21-28-27-20(30-21)15-4-2-1-3-5-15/h1-13,19H,(H2,25,26,29)/t19-/m0/s1. The maximum absolute atomic E-state index is 13.1. The van der Waals surface area contributed by atoms with Crippen LogP contribution in [0.25, 0.3) is 11.5 Å². The van der Waals surface area contributed by atoms with E-state index in [0.29, 0.717) is 22.2 Å². The predicted molar refractivity (Wildman–Crippen MR) is 112 cm³/mol. The fourth-order valence-electron chi connectivity index (χ4n) is 2.82. The zero-order valence-corrected chi connectivity index (χ0v) is 16.3. The third kappa shape index (κ3) is 4.64. The molecule has 3 aromatic carbocycles. The van der Waals surface area contributed by atoms with Crippen molar-refractivity contribution in [1.82, 2.24) is 15.5 Å². The average molecular weight is 423 g/mol. The molecule has 2 N–H and O–H groups in total. The summed E-state index contributed by atoms with van der Waals surface area (Å²) in [6.45, 7) is 0. The van der Waals surface area contributed by atoms with Crippen molar-refractivity contribution in [2.45, 2.75) is 6.04 Å². The molecule has 0 aliphatic rings. The molecule has 0 radical (unpaired) electrons. The van der Waals surface area contributed by atoms with Gasteiger partial charge in [-0.3, -0.25) is 0 Å². The molecule has 6 nitrogen and oxygen atoms in total. The number of aromatic nitrogens is 2. The molecular weight excluding hydrogens is 407 g/mol. The third-order valence-electron chi connectivity index (χ3n) is 4.29. The van der Waals surface area contributed by atoms with Gasteiger partial charge in [-0.1, -0.05) is 41.9 Å². The van der Waals surface area contributed by atoms with Crippen molar-refractivity contribution in [3.05, 3.63) is 101 Å². The minimum absolute atomic E-state index is 0.213. The molecule has 1 aromatic heterocycles. The van der Waals surface area contributed by atoms with E-state index in [2.05, 4.69) is 20.8 Å². The number of carbonyl (C=O) groups is 1. The van der Waals surface area contributed by atoms with Gasteiger partial charge < -0.3 is 15.1 Å².